The molecule has 0 spiro atoms. The minimum absolute atomic E-state index is 0.457. The summed E-state index contributed by atoms with van der Waals surface area (Å²) in [5.74, 6) is 0.457. The van der Waals surface area contributed by atoms with Gasteiger partial charge in [0.1, 0.15) is 6.29 Å². The number of allylic oxidation sites excluding steroid dienone is 4. The standard InChI is InChI=1S/C9H14O2Si/c10-6-5-9(12)7-1-3-8(11)4-2-7/h1,3,6,9,11H,2,4-5H2,12H3. The van der Waals surface area contributed by atoms with E-state index in [4.69, 9.17) is 5.11 Å². The quantitative estimate of drug-likeness (QED) is 0.520. The van der Waals surface area contributed by atoms with Gasteiger partial charge in [-0.2, -0.15) is 0 Å². The minimum Gasteiger partial charge on any atom is -0.512 e. The Kier molecular flexibility index (Phi) is 3.28. The first-order chi connectivity index (χ1) is 5.74. The van der Waals surface area contributed by atoms with Gasteiger partial charge in [-0.25, -0.2) is 0 Å². The molecule has 0 aromatic rings. The topological polar surface area (TPSA) is 37.3 Å². The van der Waals surface area contributed by atoms with Crippen LogP contribution in [0.1, 0.15) is 19.3 Å². The first kappa shape index (κ1) is 9.26. The smallest absolute Gasteiger partial charge is 0.120 e. The molecule has 1 rings (SSSR count). The zero-order valence-electron chi connectivity index (χ0n) is 7.29. The summed E-state index contributed by atoms with van der Waals surface area (Å²) in [5, 5.41) is 9.10. The van der Waals surface area contributed by atoms with Crippen LogP contribution < -0.4 is 0 Å². The molecule has 0 bridgehead atoms. The van der Waals surface area contributed by atoms with Crippen LogP contribution in [0.5, 0.6) is 0 Å². The van der Waals surface area contributed by atoms with E-state index in [2.05, 4.69) is 0 Å². The summed E-state index contributed by atoms with van der Waals surface area (Å²) >= 11 is 0. The number of aliphatic hydroxyl groups is 1. The van der Waals surface area contributed by atoms with E-state index in [9.17, 15) is 4.79 Å². The van der Waals surface area contributed by atoms with Crippen molar-refractivity contribution in [3.8, 4) is 0 Å². The minimum atomic E-state index is 0.457. The van der Waals surface area contributed by atoms with Crippen molar-refractivity contribution in [3.05, 3.63) is 23.5 Å². The van der Waals surface area contributed by atoms with E-state index in [1.54, 1.807) is 6.08 Å². The van der Waals surface area contributed by atoms with Crippen molar-refractivity contribution in [3.63, 3.8) is 0 Å². The first-order valence-electron chi connectivity index (χ1n) is 4.26. The average molecular weight is 182 g/mol. The van der Waals surface area contributed by atoms with Gasteiger partial charge in [-0.3, -0.25) is 0 Å². The SMILES string of the molecule is O=CCC([SiH3])C1=CC=C(O)CC1. The molecule has 3 heteroatoms. The molecule has 12 heavy (non-hydrogen) atoms. The van der Waals surface area contributed by atoms with E-state index < -0.39 is 0 Å². The molecule has 0 aromatic heterocycles. The highest BCUT2D eigenvalue weighted by Gasteiger charge is 2.11. The van der Waals surface area contributed by atoms with E-state index in [-0.39, 0.29) is 0 Å². The van der Waals surface area contributed by atoms with Crippen LogP contribution in [-0.4, -0.2) is 21.6 Å². The third-order valence-electron chi connectivity index (χ3n) is 2.24. The Morgan fingerprint density at radius 3 is 2.83 bits per heavy atom. The number of carbonyl (C=O) groups is 1. The lowest BCUT2D eigenvalue weighted by Crippen LogP contribution is -2.02. The van der Waals surface area contributed by atoms with E-state index in [1.807, 2.05) is 6.08 Å². The molecule has 66 valence electrons. The highest BCUT2D eigenvalue weighted by Crippen LogP contribution is 2.26. The Labute approximate surface area is 75.4 Å². The monoisotopic (exact) mass is 182 g/mol. The Bertz CT molecular complexity index is 231. The van der Waals surface area contributed by atoms with E-state index in [0.29, 0.717) is 17.7 Å². The molecule has 0 radical (unpaired) electrons. The van der Waals surface area contributed by atoms with Gasteiger partial charge in [-0.15, -0.1) is 0 Å². The van der Waals surface area contributed by atoms with Crippen LogP contribution in [0.3, 0.4) is 0 Å². The van der Waals surface area contributed by atoms with Crippen molar-refractivity contribution in [1.82, 2.24) is 0 Å². The van der Waals surface area contributed by atoms with Crippen molar-refractivity contribution >= 4 is 16.5 Å². The average Bonchev–Trinajstić information content (AvgIpc) is 2.06. The summed E-state index contributed by atoms with van der Waals surface area (Å²) in [4.78, 5) is 10.3. The van der Waals surface area contributed by atoms with Crippen LogP contribution in [-0.2, 0) is 4.79 Å². The van der Waals surface area contributed by atoms with Gasteiger partial charge >= 0.3 is 0 Å². The lowest BCUT2D eigenvalue weighted by molar-refractivity contribution is -0.107. The fraction of sp³-hybridized carbons (Fsp3) is 0.444. The Morgan fingerprint density at radius 1 is 1.58 bits per heavy atom. The second-order valence-corrected chi connectivity index (χ2v) is 4.60. The Morgan fingerprint density at radius 2 is 2.33 bits per heavy atom. The molecule has 0 saturated carbocycles. The number of hydrogen-bond acceptors (Lipinski definition) is 2. The van der Waals surface area contributed by atoms with Crippen LogP contribution in [0.25, 0.3) is 0 Å². The molecule has 0 fully saturated rings. The van der Waals surface area contributed by atoms with Crippen LogP contribution in [0.4, 0.5) is 0 Å². The van der Waals surface area contributed by atoms with Gasteiger partial charge in [-0.1, -0.05) is 11.6 Å². The highest BCUT2D eigenvalue weighted by atomic mass is 28.1. The van der Waals surface area contributed by atoms with Crippen molar-refractivity contribution < 1.29 is 9.90 Å². The van der Waals surface area contributed by atoms with Gasteiger partial charge < -0.3 is 9.90 Å². The molecule has 1 atom stereocenters. The van der Waals surface area contributed by atoms with Crippen molar-refractivity contribution in [2.75, 3.05) is 0 Å². The van der Waals surface area contributed by atoms with E-state index >= 15 is 0 Å². The maximum Gasteiger partial charge on any atom is 0.120 e. The summed E-state index contributed by atoms with van der Waals surface area (Å²) in [6.45, 7) is 0. The lowest BCUT2D eigenvalue weighted by Gasteiger charge is -2.15. The van der Waals surface area contributed by atoms with E-state index in [0.717, 1.165) is 29.4 Å². The summed E-state index contributed by atoms with van der Waals surface area (Å²) in [6, 6.07) is 0. The molecule has 0 aromatic carbocycles. The molecule has 0 saturated heterocycles. The molecule has 1 N–H and O–H groups in total. The summed E-state index contributed by atoms with van der Waals surface area (Å²) in [5.41, 5.74) is 1.79. The Balaban J connectivity index is 2.58. The molecular weight excluding hydrogens is 168 g/mol. The molecule has 1 aliphatic rings. The predicted molar refractivity (Wildman–Crippen MR) is 52.4 cm³/mol. The number of rotatable bonds is 3. The highest BCUT2D eigenvalue weighted by molar-refractivity contribution is 6.14. The summed E-state index contributed by atoms with van der Waals surface area (Å²) < 4.78 is 0. The van der Waals surface area contributed by atoms with Gasteiger partial charge in [0.15, 0.2) is 0 Å². The van der Waals surface area contributed by atoms with Crippen LogP contribution in [0, 0.1) is 0 Å². The largest absolute Gasteiger partial charge is 0.512 e. The molecule has 2 nitrogen and oxygen atoms in total. The molecule has 0 heterocycles. The summed E-state index contributed by atoms with van der Waals surface area (Å²) in [6.07, 6.45) is 6.99. The number of aldehydes is 1. The van der Waals surface area contributed by atoms with Crippen molar-refractivity contribution in [2.24, 2.45) is 0 Å². The van der Waals surface area contributed by atoms with Crippen LogP contribution in [0.2, 0.25) is 5.54 Å². The maximum absolute atomic E-state index is 10.3. The van der Waals surface area contributed by atoms with Crippen molar-refractivity contribution in [1.29, 1.82) is 0 Å². The maximum atomic E-state index is 10.3. The predicted octanol–water partition coefficient (Wildman–Crippen LogP) is 0.891. The van der Waals surface area contributed by atoms with Gasteiger partial charge in [0.2, 0.25) is 0 Å². The normalized spacial score (nSPS) is 19.7. The zero-order chi connectivity index (χ0) is 8.97. The van der Waals surface area contributed by atoms with Gasteiger partial charge in [-0.05, 0) is 18.0 Å². The van der Waals surface area contributed by atoms with Gasteiger partial charge in [0.25, 0.3) is 0 Å². The molecule has 0 amide bonds. The lowest BCUT2D eigenvalue weighted by atomic mass is 9.99. The fourth-order valence-electron chi connectivity index (χ4n) is 1.35. The fourth-order valence-corrected chi connectivity index (χ4v) is 2.02. The number of hydrogen-bond donors (Lipinski definition) is 1. The molecule has 1 unspecified atom stereocenters. The zero-order valence-corrected chi connectivity index (χ0v) is 9.29. The molecular formula is C9H14O2Si. The third-order valence-corrected chi connectivity index (χ3v) is 3.46. The van der Waals surface area contributed by atoms with Gasteiger partial charge in [0, 0.05) is 23.1 Å². The number of aliphatic hydroxyl groups excluding tert-OH is 1. The second-order valence-electron chi connectivity index (χ2n) is 3.20. The molecule has 1 aliphatic carbocycles. The number of carbonyl (C=O) groups excluding carboxylic acids is 1. The van der Waals surface area contributed by atoms with Crippen LogP contribution >= 0.6 is 0 Å². The third kappa shape index (κ3) is 2.34. The van der Waals surface area contributed by atoms with Gasteiger partial charge in [0.05, 0.1) is 5.76 Å². The van der Waals surface area contributed by atoms with E-state index in [1.165, 1.54) is 5.57 Å². The second kappa shape index (κ2) is 4.26. The first-order valence-corrected chi connectivity index (χ1v) is 5.41. The summed E-state index contributed by atoms with van der Waals surface area (Å²) in [7, 11) is 1.02. The Hall–Kier alpha value is -0.833. The van der Waals surface area contributed by atoms with Crippen LogP contribution in [0.15, 0.2) is 23.5 Å². The molecule has 0 aliphatic heterocycles. The van der Waals surface area contributed by atoms with Crippen molar-refractivity contribution in [2.45, 2.75) is 24.8 Å².